The lowest BCUT2D eigenvalue weighted by Gasteiger charge is -2.38. The van der Waals surface area contributed by atoms with E-state index >= 15 is 0 Å². The maximum absolute atomic E-state index is 9.48. The van der Waals surface area contributed by atoms with Crippen LogP contribution in [0.5, 0.6) is 0 Å². The van der Waals surface area contributed by atoms with Crippen LogP contribution >= 0.6 is 0 Å². The molecule has 0 spiro atoms. The van der Waals surface area contributed by atoms with Crippen molar-refractivity contribution in [1.29, 1.82) is 0 Å². The minimum absolute atomic E-state index is 0.177. The molecule has 114 valence electrons. The molecule has 0 radical (unpaired) electrons. The first-order valence-electron chi connectivity index (χ1n) is 7.90. The summed E-state index contributed by atoms with van der Waals surface area (Å²) in [6.07, 6.45) is 1.70. The first kappa shape index (κ1) is 14.8. The Bertz CT molecular complexity index is 624. The van der Waals surface area contributed by atoms with Crippen LogP contribution in [0.15, 0.2) is 65.8 Å². The quantitative estimate of drug-likeness (QED) is 0.654. The van der Waals surface area contributed by atoms with Crippen molar-refractivity contribution in [3.63, 3.8) is 0 Å². The van der Waals surface area contributed by atoms with Gasteiger partial charge >= 0.3 is 0 Å². The molecule has 3 unspecified atom stereocenters. The molecule has 1 aliphatic rings. The summed E-state index contributed by atoms with van der Waals surface area (Å²) in [4.78, 5) is 0. The van der Waals surface area contributed by atoms with Crippen molar-refractivity contribution in [2.75, 3.05) is 0 Å². The molecule has 1 aliphatic heterocycles. The minimum atomic E-state index is 0.177. The van der Waals surface area contributed by atoms with Crippen LogP contribution in [-0.2, 0) is 0 Å². The first-order valence-corrected chi connectivity index (χ1v) is 7.90. The number of benzene rings is 2. The van der Waals surface area contributed by atoms with E-state index in [-0.39, 0.29) is 18.0 Å². The fourth-order valence-corrected chi connectivity index (χ4v) is 3.42. The third-order valence-electron chi connectivity index (χ3n) is 4.55. The van der Waals surface area contributed by atoms with Gasteiger partial charge in [0.05, 0.1) is 5.71 Å². The molecular formula is C19H22N2O. The molecule has 3 heteroatoms. The van der Waals surface area contributed by atoms with Crippen molar-refractivity contribution in [1.82, 2.24) is 5.32 Å². The minimum Gasteiger partial charge on any atom is -0.411 e. The Morgan fingerprint density at radius 2 is 1.59 bits per heavy atom. The lowest BCUT2D eigenvalue weighted by Crippen LogP contribution is -2.42. The van der Waals surface area contributed by atoms with Gasteiger partial charge in [0.1, 0.15) is 0 Å². The second-order valence-corrected chi connectivity index (χ2v) is 5.83. The molecule has 3 nitrogen and oxygen atoms in total. The van der Waals surface area contributed by atoms with Crippen LogP contribution in [-0.4, -0.2) is 10.9 Å². The molecule has 0 bridgehead atoms. The van der Waals surface area contributed by atoms with Crippen molar-refractivity contribution in [3.8, 4) is 0 Å². The summed E-state index contributed by atoms with van der Waals surface area (Å²) in [6, 6.07) is 21.2. The normalized spacial score (nSPS) is 27.0. The maximum Gasteiger partial charge on any atom is 0.0639 e. The molecule has 22 heavy (non-hydrogen) atoms. The smallest absolute Gasteiger partial charge is 0.0639 e. The standard InChI is InChI=1S/C19H22N2O/c1-2-16-18(21-22)13-17(14-9-5-3-6-10-14)20-19(16)15-11-7-4-8-12-15/h3-12,16-17,19-20,22H,2,13H2,1H3. The van der Waals surface area contributed by atoms with E-state index in [1.165, 1.54) is 11.1 Å². The topological polar surface area (TPSA) is 44.6 Å². The second kappa shape index (κ2) is 6.75. The molecule has 0 saturated carbocycles. The summed E-state index contributed by atoms with van der Waals surface area (Å²) in [7, 11) is 0. The third kappa shape index (κ3) is 2.90. The molecule has 0 aliphatic carbocycles. The van der Waals surface area contributed by atoms with Crippen molar-refractivity contribution in [2.45, 2.75) is 31.8 Å². The summed E-state index contributed by atoms with van der Waals surface area (Å²) in [5.41, 5.74) is 3.37. The van der Waals surface area contributed by atoms with Gasteiger partial charge in [-0.25, -0.2) is 0 Å². The van der Waals surface area contributed by atoms with Crippen LogP contribution in [0.1, 0.15) is 43.0 Å². The van der Waals surface area contributed by atoms with Gasteiger partial charge in [-0.1, -0.05) is 72.7 Å². The van der Waals surface area contributed by atoms with E-state index in [1.807, 2.05) is 12.1 Å². The van der Waals surface area contributed by atoms with Gasteiger partial charge in [-0.3, -0.25) is 0 Å². The van der Waals surface area contributed by atoms with Crippen molar-refractivity contribution < 1.29 is 5.21 Å². The lowest BCUT2D eigenvalue weighted by atomic mass is 9.79. The Balaban J connectivity index is 1.95. The molecule has 3 atom stereocenters. The number of oxime groups is 1. The Morgan fingerprint density at radius 3 is 2.14 bits per heavy atom. The van der Waals surface area contributed by atoms with Crippen LogP contribution in [0.4, 0.5) is 0 Å². The number of nitrogens with one attached hydrogen (secondary N) is 1. The van der Waals surface area contributed by atoms with Crippen LogP contribution in [0.2, 0.25) is 0 Å². The Labute approximate surface area is 131 Å². The van der Waals surface area contributed by atoms with Crippen molar-refractivity contribution in [3.05, 3.63) is 71.8 Å². The van der Waals surface area contributed by atoms with Gasteiger partial charge in [-0.2, -0.15) is 0 Å². The monoisotopic (exact) mass is 294 g/mol. The zero-order valence-electron chi connectivity index (χ0n) is 12.8. The van der Waals surface area contributed by atoms with Gasteiger partial charge < -0.3 is 10.5 Å². The summed E-state index contributed by atoms with van der Waals surface area (Å²) < 4.78 is 0. The third-order valence-corrected chi connectivity index (χ3v) is 4.55. The van der Waals surface area contributed by atoms with Crippen LogP contribution in [0.3, 0.4) is 0 Å². The van der Waals surface area contributed by atoms with E-state index in [2.05, 4.69) is 65.9 Å². The largest absolute Gasteiger partial charge is 0.411 e. The molecule has 0 amide bonds. The molecule has 2 aromatic rings. The Morgan fingerprint density at radius 1 is 1.00 bits per heavy atom. The summed E-state index contributed by atoms with van der Waals surface area (Å²) in [5.74, 6) is 0.229. The summed E-state index contributed by atoms with van der Waals surface area (Å²) >= 11 is 0. The first-order chi connectivity index (χ1) is 10.8. The molecule has 1 heterocycles. The molecule has 1 saturated heterocycles. The molecule has 3 rings (SSSR count). The van der Waals surface area contributed by atoms with E-state index in [0.717, 1.165) is 18.6 Å². The van der Waals surface area contributed by atoms with Crippen LogP contribution in [0.25, 0.3) is 0 Å². The summed E-state index contributed by atoms with van der Waals surface area (Å²) in [5, 5.41) is 16.9. The summed E-state index contributed by atoms with van der Waals surface area (Å²) in [6.45, 7) is 2.15. The van der Waals surface area contributed by atoms with E-state index in [9.17, 15) is 5.21 Å². The van der Waals surface area contributed by atoms with Crippen LogP contribution in [0, 0.1) is 5.92 Å². The van der Waals surface area contributed by atoms with Gasteiger partial charge in [-0.05, 0) is 17.5 Å². The van der Waals surface area contributed by atoms with E-state index in [4.69, 9.17) is 0 Å². The average Bonchev–Trinajstić information content (AvgIpc) is 2.62. The molecule has 2 aromatic carbocycles. The van der Waals surface area contributed by atoms with E-state index < -0.39 is 0 Å². The zero-order chi connectivity index (χ0) is 15.4. The average molecular weight is 294 g/mol. The van der Waals surface area contributed by atoms with Crippen LogP contribution < -0.4 is 5.32 Å². The Hall–Kier alpha value is -2.13. The highest BCUT2D eigenvalue weighted by molar-refractivity contribution is 5.88. The highest BCUT2D eigenvalue weighted by Gasteiger charge is 2.35. The highest BCUT2D eigenvalue weighted by atomic mass is 16.4. The SMILES string of the molecule is CCC1C(=NO)CC(c2ccccc2)NC1c1ccccc1. The van der Waals surface area contributed by atoms with Gasteiger partial charge in [0.2, 0.25) is 0 Å². The fourth-order valence-electron chi connectivity index (χ4n) is 3.42. The Kier molecular flexibility index (Phi) is 4.54. The van der Waals surface area contributed by atoms with E-state index in [0.29, 0.717) is 0 Å². The fraction of sp³-hybridized carbons (Fsp3) is 0.316. The molecule has 1 fully saturated rings. The number of hydrogen-bond donors (Lipinski definition) is 2. The van der Waals surface area contributed by atoms with Gasteiger partial charge in [0.25, 0.3) is 0 Å². The predicted octanol–water partition coefficient (Wildman–Crippen LogP) is 4.32. The van der Waals surface area contributed by atoms with E-state index in [1.54, 1.807) is 0 Å². The number of rotatable bonds is 3. The van der Waals surface area contributed by atoms with Gasteiger partial charge in [0.15, 0.2) is 0 Å². The number of hydrogen-bond acceptors (Lipinski definition) is 3. The van der Waals surface area contributed by atoms with Gasteiger partial charge in [-0.15, -0.1) is 0 Å². The van der Waals surface area contributed by atoms with Crippen molar-refractivity contribution in [2.24, 2.45) is 11.1 Å². The van der Waals surface area contributed by atoms with Crippen molar-refractivity contribution >= 4 is 5.71 Å². The second-order valence-electron chi connectivity index (χ2n) is 5.83. The zero-order valence-corrected chi connectivity index (χ0v) is 12.8. The molecule has 0 aromatic heterocycles. The van der Waals surface area contributed by atoms with Gasteiger partial charge in [0, 0.05) is 24.4 Å². The number of piperidine rings is 1. The predicted molar refractivity (Wildman–Crippen MR) is 89.1 cm³/mol. The maximum atomic E-state index is 9.48. The molecule has 2 N–H and O–H groups in total. The number of nitrogens with zero attached hydrogens (tertiary/aromatic N) is 1. The molecular weight excluding hydrogens is 272 g/mol. The highest BCUT2D eigenvalue weighted by Crippen LogP contribution is 2.36. The lowest BCUT2D eigenvalue weighted by molar-refractivity contribution is 0.287.